The Kier molecular flexibility index (Phi) is 13.3. The first-order valence-corrected chi connectivity index (χ1v) is 18.3. The molecular weight excluding hydrogens is 644 g/mol. The van der Waals surface area contributed by atoms with Crippen molar-refractivity contribution in [2.75, 3.05) is 13.6 Å². The van der Waals surface area contributed by atoms with Crippen LogP contribution >= 0.6 is 11.3 Å². The van der Waals surface area contributed by atoms with E-state index in [1.807, 2.05) is 63.1 Å². The number of likely N-dealkylation sites (N-methyl/N-ethyl adjacent to an activating group) is 1. The number of aromatic nitrogens is 1. The fourth-order valence-electron chi connectivity index (χ4n) is 6.99. The summed E-state index contributed by atoms with van der Waals surface area (Å²) in [4.78, 5) is 73.4. The van der Waals surface area contributed by atoms with Crippen LogP contribution in [0, 0.1) is 11.8 Å². The molecule has 1 aromatic heterocycles. The highest BCUT2D eigenvalue weighted by molar-refractivity contribution is 7.09. The number of carbonyl (C=O) groups excluding carboxylic acids is 4. The van der Waals surface area contributed by atoms with Crippen molar-refractivity contribution in [1.29, 1.82) is 0 Å². The van der Waals surface area contributed by atoms with E-state index in [1.165, 1.54) is 18.3 Å². The van der Waals surface area contributed by atoms with Crippen LogP contribution < -0.4 is 16.0 Å². The molecule has 2 aliphatic heterocycles. The van der Waals surface area contributed by atoms with Gasteiger partial charge >= 0.3 is 5.97 Å². The number of carboxylic acids is 1. The summed E-state index contributed by atoms with van der Waals surface area (Å²) in [5.41, 5.74) is 1.17. The molecule has 2 aromatic rings. The molecule has 49 heavy (non-hydrogen) atoms. The van der Waals surface area contributed by atoms with Gasteiger partial charge in [-0.1, -0.05) is 63.9 Å². The Balaban J connectivity index is 1.47. The average Bonchev–Trinajstić information content (AvgIpc) is 3.68. The smallest absolute Gasteiger partial charge is 0.306 e. The van der Waals surface area contributed by atoms with Gasteiger partial charge in [-0.3, -0.25) is 28.9 Å². The van der Waals surface area contributed by atoms with Crippen molar-refractivity contribution in [3.05, 3.63) is 52.0 Å². The minimum atomic E-state index is -0.931. The maximum Gasteiger partial charge on any atom is 0.306 e. The van der Waals surface area contributed by atoms with Gasteiger partial charge in [0.2, 0.25) is 17.7 Å². The summed E-state index contributed by atoms with van der Waals surface area (Å²) in [5.74, 6) is -2.69. The maximum atomic E-state index is 13.8. The molecule has 1 unspecified atom stereocenters. The molecule has 268 valence electrons. The lowest BCUT2D eigenvalue weighted by Crippen LogP contribution is -2.58. The number of carboxylic acid groups (broad SMARTS) is 1. The normalized spacial score (nSPS) is 23.6. The zero-order valence-corrected chi connectivity index (χ0v) is 30.3. The summed E-state index contributed by atoms with van der Waals surface area (Å²) < 4.78 is 0. The molecule has 13 heteroatoms. The predicted molar refractivity (Wildman–Crippen MR) is 188 cm³/mol. The van der Waals surface area contributed by atoms with Gasteiger partial charge in [-0.2, -0.15) is 0 Å². The van der Waals surface area contributed by atoms with Crippen LogP contribution in [0.4, 0.5) is 0 Å². The van der Waals surface area contributed by atoms with E-state index in [4.69, 9.17) is 0 Å². The maximum absolute atomic E-state index is 13.8. The fraction of sp³-hybridized carbons (Fsp3) is 0.611. The van der Waals surface area contributed by atoms with E-state index in [0.717, 1.165) is 31.4 Å². The lowest BCUT2D eigenvalue weighted by atomic mass is 9.95. The second kappa shape index (κ2) is 17.2. The van der Waals surface area contributed by atoms with Gasteiger partial charge in [-0.15, -0.1) is 11.3 Å². The van der Waals surface area contributed by atoms with Crippen LogP contribution in [0.2, 0.25) is 0 Å². The second-order valence-electron chi connectivity index (χ2n) is 13.8. The van der Waals surface area contributed by atoms with Crippen molar-refractivity contribution < 1.29 is 29.1 Å². The zero-order valence-electron chi connectivity index (χ0n) is 29.5. The molecule has 0 radical (unpaired) electrons. The number of thiazole rings is 1. The predicted octanol–water partition coefficient (Wildman–Crippen LogP) is 3.78. The Morgan fingerprint density at radius 2 is 1.80 bits per heavy atom. The van der Waals surface area contributed by atoms with Crippen LogP contribution in [-0.2, 0) is 25.6 Å². The van der Waals surface area contributed by atoms with Gasteiger partial charge in [0.15, 0.2) is 0 Å². The van der Waals surface area contributed by atoms with Gasteiger partial charge in [0, 0.05) is 24.4 Å². The molecule has 2 fully saturated rings. The lowest BCUT2D eigenvalue weighted by Gasteiger charge is -2.34. The average molecular weight is 697 g/mol. The molecule has 4 amide bonds. The Labute approximate surface area is 293 Å². The van der Waals surface area contributed by atoms with E-state index < -0.39 is 42.0 Å². The van der Waals surface area contributed by atoms with Gasteiger partial charge in [-0.25, -0.2) is 4.98 Å². The minimum absolute atomic E-state index is 0.0986. The summed E-state index contributed by atoms with van der Waals surface area (Å²) in [6.07, 6.45) is 4.61. The van der Waals surface area contributed by atoms with Crippen molar-refractivity contribution in [3.8, 4) is 0 Å². The van der Waals surface area contributed by atoms with E-state index >= 15 is 0 Å². The van der Waals surface area contributed by atoms with E-state index in [9.17, 15) is 29.1 Å². The Bertz CT molecular complexity index is 1470. The second-order valence-corrected chi connectivity index (χ2v) is 14.7. The first kappa shape index (κ1) is 38.0. The standard InChI is InChI=1S/C36H52N6O6S/c1-7-21(2)31(40-33(45)29-15-11-12-16-41(29)6)34(46)38-27-19-30(42(23(27)4)24(5)43)35-39-28(20-49-35)32(44)37-26(17-22(3)36(47)48)18-25-13-9-8-10-14-25/h8-10,13-14,20-23,26-27,29-31H,7,11-12,15-19H2,1-6H3,(H,37,44)(H,38,46)(H,40,45)(H,47,48)/t21-,22-,23?,26+,27+,29+,30+,31-/m0/s1. The van der Waals surface area contributed by atoms with Crippen LogP contribution in [0.25, 0.3) is 0 Å². The largest absolute Gasteiger partial charge is 0.481 e. The number of hydrogen-bond donors (Lipinski definition) is 4. The van der Waals surface area contributed by atoms with Gasteiger partial charge in [0.05, 0.1) is 24.0 Å². The molecule has 0 bridgehead atoms. The molecule has 8 atom stereocenters. The molecule has 1 aromatic carbocycles. The quantitative estimate of drug-likeness (QED) is 0.232. The van der Waals surface area contributed by atoms with Crippen LogP contribution in [0.15, 0.2) is 35.7 Å². The number of hydrogen-bond acceptors (Lipinski definition) is 8. The van der Waals surface area contributed by atoms with Gasteiger partial charge in [-0.05, 0) is 64.1 Å². The van der Waals surface area contributed by atoms with Gasteiger partial charge in [0.25, 0.3) is 5.91 Å². The molecule has 4 rings (SSSR count). The topological polar surface area (TPSA) is 161 Å². The summed E-state index contributed by atoms with van der Waals surface area (Å²) in [5, 5.41) is 20.9. The van der Waals surface area contributed by atoms with Gasteiger partial charge < -0.3 is 26.0 Å². The molecule has 0 spiro atoms. The number of amides is 4. The minimum Gasteiger partial charge on any atom is -0.481 e. The van der Waals surface area contributed by atoms with Crippen LogP contribution in [0.3, 0.4) is 0 Å². The van der Waals surface area contributed by atoms with Crippen LogP contribution in [0.5, 0.6) is 0 Å². The summed E-state index contributed by atoms with van der Waals surface area (Å²) in [6, 6.07) is 6.97. The summed E-state index contributed by atoms with van der Waals surface area (Å²) in [7, 11) is 1.94. The van der Waals surface area contributed by atoms with Gasteiger partial charge in [0.1, 0.15) is 16.7 Å². The molecule has 0 aliphatic carbocycles. The number of nitrogens with one attached hydrogen (secondary N) is 3. The van der Waals surface area contributed by atoms with Crippen molar-refractivity contribution in [3.63, 3.8) is 0 Å². The highest BCUT2D eigenvalue weighted by atomic mass is 32.1. The Hall–Kier alpha value is -3.84. The number of likely N-dealkylation sites (tertiary alicyclic amines) is 2. The first-order valence-electron chi connectivity index (χ1n) is 17.4. The molecule has 2 aliphatic rings. The van der Waals surface area contributed by atoms with E-state index in [0.29, 0.717) is 24.3 Å². The number of carbonyl (C=O) groups is 5. The van der Waals surface area contributed by atoms with Crippen molar-refractivity contribution in [1.82, 2.24) is 30.7 Å². The Morgan fingerprint density at radius 1 is 1.08 bits per heavy atom. The molecule has 0 saturated carbocycles. The zero-order chi connectivity index (χ0) is 35.8. The molecular formula is C36H52N6O6S. The number of aliphatic carboxylic acids is 1. The van der Waals surface area contributed by atoms with Crippen molar-refractivity contribution in [2.24, 2.45) is 11.8 Å². The molecule has 12 nitrogen and oxygen atoms in total. The third kappa shape index (κ3) is 9.66. The monoisotopic (exact) mass is 696 g/mol. The third-order valence-electron chi connectivity index (χ3n) is 10.2. The molecule has 4 N–H and O–H groups in total. The first-order chi connectivity index (χ1) is 23.3. The summed E-state index contributed by atoms with van der Waals surface area (Å²) >= 11 is 1.27. The van der Waals surface area contributed by atoms with E-state index in [2.05, 4.69) is 20.9 Å². The van der Waals surface area contributed by atoms with E-state index in [-0.39, 0.29) is 47.8 Å². The summed E-state index contributed by atoms with van der Waals surface area (Å²) in [6.45, 7) is 9.77. The molecule has 2 saturated heterocycles. The SMILES string of the molecule is CC[C@H](C)[C@H](NC(=O)[C@H]1CCCCN1C)C(=O)N[C@@H]1C[C@H](c2nc(C(=O)N[C@@H](Cc3ccccc3)C[C@H](C)C(=O)O)cs2)N(C(C)=O)C1C. The van der Waals surface area contributed by atoms with Crippen molar-refractivity contribution >= 4 is 40.9 Å². The fourth-order valence-corrected chi connectivity index (χ4v) is 7.90. The number of nitrogens with zero attached hydrogens (tertiary/aromatic N) is 3. The highest BCUT2D eigenvalue weighted by Crippen LogP contribution is 2.38. The van der Waals surface area contributed by atoms with Crippen molar-refractivity contribution in [2.45, 2.75) is 116 Å². The third-order valence-corrected chi connectivity index (χ3v) is 11.1. The van der Waals surface area contributed by atoms with E-state index in [1.54, 1.807) is 17.2 Å². The number of rotatable bonds is 14. The number of benzene rings is 1. The van der Waals surface area contributed by atoms with Crippen LogP contribution in [-0.4, -0.2) is 93.3 Å². The lowest BCUT2D eigenvalue weighted by molar-refractivity contribution is -0.141. The van der Waals surface area contributed by atoms with Crippen LogP contribution in [0.1, 0.15) is 100 Å². The Morgan fingerprint density at radius 3 is 2.43 bits per heavy atom. The molecule has 3 heterocycles. The number of piperidine rings is 1. The highest BCUT2D eigenvalue weighted by Gasteiger charge is 2.44.